The molecule has 0 spiro atoms. The smallest absolute Gasteiger partial charge is 0.246 e. The number of hydrogen-bond acceptors (Lipinski definition) is 7. The molecule has 9 nitrogen and oxygen atoms in total. The number of nitro groups is 1. The van der Waals surface area contributed by atoms with Crippen LogP contribution in [-0.2, 0) is 16.1 Å². The molecule has 1 N–H and O–H groups in total. The number of rotatable bonds is 10. The van der Waals surface area contributed by atoms with Gasteiger partial charge in [0.15, 0.2) is 0 Å². The number of hydrogen-bond donors (Lipinski definition) is 1. The van der Waals surface area contributed by atoms with Gasteiger partial charge in [0.1, 0.15) is 34.4 Å². The number of halogens is 3. The number of likely N-dealkylation sites (tertiary alicyclic amines) is 1. The van der Waals surface area contributed by atoms with E-state index in [1.807, 2.05) is 6.92 Å². The Morgan fingerprint density at radius 2 is 1.95 bits per heavy atom. The molecule has 1 amide bonds. The van der Waals surface area contributed by atoms with Crippen molar-refractivity contribution in [1.82, 2.24) is 9.88 Å². The fourth-order valence-corrected chi connectivity index (χ4v) is 5.85. The molecule has 2 heterocycles. The maximum absolute atomic E-state index is 15.6. The van der Waals surface area contributed by atoms with Crippen LogP contribution in [0.5, 0.6) is 5.75 Å². The molecule has 1 fully saturated rings. The van der Waals surface area contributed by atoms with Gasteiger partial charge in [0, 0.05) is 23.5 Å². The molecule has 3 aromatic rings. The van der Waals surface area contributed by atoms with Gasteiger partial charge in [-0.05, 0) is 49.7 Å². The van der Waals surface area contributed by atoms with Crippen LogP contribution in [-0.4, -0.2) is 51.2 Å². The maximum Gasteiger partial charge on any atom is 0.246 e. The topological polar surface area (TPSA) is 115 Å². The third kappa shape index (κ3) is 5.65. The van der Waals surface area contributed by atoms with E-state index in [1.165, 1.54) is 37.3 Å². The van der Waals surface area contributed by atoms with Crippen LogP contribution < -0.4 is 10.1 Å². The number of nitrogens with zero attached hydrogens (tertiary/aromatic N) is 3. The Balaban J connectivity index is 1.92. The Bertz CT molecular complexity index is 1430. The zero-order chi connectivity index (χ0) is 29.0. The molecule has 0 aliphatic carbocycles. The summed E-state index contributed by atoms with van der Waals surface area (Å²) in [5.41, 5.74) is -1.17. The van der Waals surface area contributed by atoms with Gasteiger partial charge < -0.3 is 14.8 Å². The average Bonchev–Trinajstić information content (AvgIpc) is 3.15. The Kier molecular flexibility index (Phi) is 9.02. The molecule has 1 aliphatic rings. The van der Waals surface area contributed by atoms with E-state index in [-0.39, 0.29) is 34.5 Å². The van der Waals surface area contributed by atoms with Crippen molar-refractivity contribution in [1.29, 1.82) is 0 Å². The maximum atomic E-state index is 15.6. The summed E-state index contributed by atoms with van der Waals surface area (Å²) in [7, 11) is 0. The van der Waals surface area contributed by atoms with Crippen molar-refractivity contribution in [2.75, 3.05) is 11.9 Å². The van der Waals surface area contributed by atoms with Crippen LogP contribution in [0.2, 0.25) is 10.2 Å². The van der Waals surface area contributed by atoms with Crippen LogP contribution in [0, 0.1) is 15.9 Å². The fourth-order valence-electron chi connectivity index (χ4n) is 5.51. The molecule has 12 heteroatoms. The first-order chi connectivity index (χ1) is 19.1. The second kappa shape index (κ2) is 12.3. The molecule has 1 saturated heterocycles. The number of aromatic nitrogens is 1. The van der Waals surface area contributed by atoms with Crippen molar-refractivity contribution in [2.24, 2.45) is 0 Å². The minimum Gasteiger partial charge on any atom is -0.494 e. The Morgan fingerprint density at radius 1 is 1.23 bits per heavy atom. The molecule has 4 rings (SSSR count). The number of amides is 1. The van der Waals surface area contributed by atoms with Crippen molar-refractivity contribution < 1.29 is 23.6 Å². The molecule has 4 atom stereocenters. The van der Waals surface area contributed by atoms with E-state index in [9.17, 15) is 19.7 Å². The van der Waals surface area contributed by atoms with Gasteiger partial charge in [-0.2, -0.15) is 0 Å². The molecule has 0 radical (unpaired) electrons. The number of carbonyl (C=O) groups is 2. The fraction of sp³-hybridized carbons (Fsp3) is 0.321. The van der Waals surface area contributed by atoms with Gasteiger partial charge in [0.2, 0.25) is 11.9 Å². The molecule has 40 heavy (non-hydrogen) atoms. The monoisotopic (exact) mass is 588 g/mol. The molecule has 0 unspecified atom stereocenters. The van der Waals surface area contributed by atoms with Crippen LogP contribution in [0.4, 0.5) is 10.2 Å². The quantitative estimate of drug-likeness (QED) is 0.143. The molecule has 1 aromatic heterocycles. The minimum atomic E-state index is -1.75. The van der Waals surface area contributed by atoms with Crippen molar-refractivity contribution in [3.05, 3.63) is 97.9 Å². The lowest BCUT2D eigenvalue weighted by molar-refractivity contribution is -0.528. The van der Waals surface area contributed by atoms with Crippen LogP contribution in [0.25, 0.3) is 0 Å². The van der Waals surface area contributed by atoms with E-state index in [4.69, 9.17) is 27.9 Å². The first-order valence-electron chi connectivity index (χ1n) is 12.5. The third-order valence-electron chi connectivity index (χ3n) is 7.21. The normalized spacial score (nSPS) is 22.6. The van der Waals surface area contributed by atoms with Crippen LogP contribution in [0.3, 0.4) is 0 Å². The highest BCUT2D eigenvalue weighted by Gasteiger charge is 2.66. The largest absolute Gasteiger partial charge is 0.494 e. The minimum absolute atomic E-state index is 0.0232. The lowest BCUT2D eigenvalue weighted by Crippen LogP contribution is -2.55. The zero-order valence-electron chi connectivity index (χ0n) is 21.7. The van der Waals surface area contributed by atoms with Crippen molar-refractivity contribution in [3.8, 4) is 5.75 Å². The van der Waals surface area contributed by atoms with E-state index >= 15 is 4.39 Å². The number of anilines is 1. The van der Waals surface area contributed by atoms with E-state index in [1.54, 1.807) is 35.2 Å². The van der Waals surface area contributed by atoms with Gasteiger partial charge in [-0.1, -0.05) is 53.5 Å². The van der Waals surface area contributed by atoms with Crippen molar-refractivity contribution >= 4 is 41.2 Å². The zero-order valence-corrected chi connectivity index (χ0v) is 23.2. The highest BCUT2D eigenvalue weighted by Crippen LogP contribution is 2.50. The Hall–Kier alpha value is -3.60. The van der Waals surface area contributed by atoms with E-state index in [0.717, 1.165) is 0 Å². The van der Waals surface area contributed by atoms with Gasteiger partial charge in [-0.25, -0.2) is 9.37 Å². The summed E-state index contributed by atoms with van der Waals surface area (Å²) in [4.78, 5) is 43.8. The van der Waals surface area contributed by atoms with Gasteiger partial charge in [-0.3, -0.25) is 19.8 Å². The molecule has 0 saturated carbocycles. The first kappa shape index (κ1) is 29.4. The summed E-state index contributed by atoms with van der Waals surface area (Å²) in [6.07, 6.45) is 0.298. The second-order valence-corrected chi connectivity index (χ2v) is 10.3. The molecule has 1 aliphatic heterocycles. The summed E-state index contributed by atoms with van der Waals surface area (Å²) >= 11 is 12.1. The lowest BCUT2D eigenvalue weighted by Gasteiger charge is -2.38. The van der Waals surface area contributed by atoms with Crippen LogP contribution in [0.15, 0.2) is 60.7 Å². The van der Waals surface area contributed by atoms with Gasteiger partial charge >= 0.3 is 0 Å². The molecule has 0 bridgehead atoms. The van der Waals surface area contributed by atoms with Crippen molar-refractivity contribution in [2.45, 2.75) is 50.4 Å². The third-order valence-corrected chi connectivity index (χ3v) is 7.72. The Labute approximate surface area is 240 Å². The summed E-state index contributed by atoms with van der Waals surface area (Å²) in [5.74, 6) is -2.21. The molecular weight excluding hydrogens is 562 g/mol. The predicted molar refractivity (Wildman–Crippen MR) is 149 cm³/mol. The van der Waals surface area contributed by atoms with E-state index < -0.39 is 40.2 Å². The highest BCUT2D eigenvalue weighted by molar-refractivity contribution is 6.30. The number of aldehydes is 1. The second-order valence-electron chi connectivity index (χ2n) is 9.52. The van der Waals surface area contributed by atoms with E-state index in [2.05, 4.69) is 10.3 Å². The molecule has 210 valence electrons. The number of benzene rings is 2. The standard InChI is InChI=1S/C28H27Cl2FN4O5/c1-3-40-18-8-4-7-17(15-18)16-34-21(13-14-36)26(35(38)39)24(19-9-5-10-20(29)25(19)31)28(34,2)27(37)33-23-12-6-11-22(30)32-23/h4-12,14-15,21,24,26H,3,13,16H2,1-2H3,(H,32,33,37)/t21-,24-,26+,28+/m0/s1. The van der Waals surface area contributed by atoms with Crippen LogP contribution >= 0.6 is 23.2 Å². The number of pyridine rings is 1. The summed E-state index contributed by atoms with van der Waals surface area (Å²) in [6.45, 7) is 3.79. The summed E-state index contributed by atoms with van der Waals surface area (Å²) < 4.78 is 21.2. The van der Waals surface area contributed by atoms with Crippen LogP contribution in [0.1, 0.15) is 37.3 Å². The molecule has 2 aromatic carbocycles. The highest BCUT2D eigenvalue weighted by atomic mass is 35.5. The van der Waals surface area contributed by atoms with Gasteiger partial charge in [0.05, 0.1) is 23.6 Å². The average molecular weight is 589 g/mol. The number of ether oxygens (including phenoxy) is 1. The predicted octanol–water partition coefficient (Wildman–Crippen LogP) is 5.53. The van der Waals surface area contributed by atoms with Gasteiger partial charge in [0.25, 0.3) is 0 Å². The lowest BCUT2D eigenvalue weighted by atomic mass is 9.77. The number of nitrogens with one attached hydrogen (secondary N) is 1. The molecular formula is C28H27Cl2FN4O5. The van der Waals surface area contributed by atoms with Crippen molar-refractivity contribution in [3.63, 3.8) is 0 Å². The van der Waals surface area contributed by atoms with Gasteiger partial charge in [-0.15, -0.1) is 0 Å². The SMILES string of the molecule is CCOc1cccc(CN2[C@@H](CC=O)[C@@H]([N+](=O)[O-])[C@H](c3cccc(Cl)c3F)[C@]2(C)C(=O)Nc2cccc(Cl)n2)c1. The summed E-state index contributed by atoms with van der Waals surface area (Å²) in [6, 6.07) is 13.3. The van der Waals surface area contributed by atoms with E-state index in [0.29, 0.717) is 24.2 Å². The first-order valence-corrected chi connectivity index (χ1v) is 13.3. The Morgan fingerprint density at radius 3 is 2.62 bits per heavy atom. The number of carbonyl (C=O) groups excluding carboxylic acids is 2. The summed E-state index contributed by atoms with van der Waals surface area (Å²) in [5, 5.41) is 15.2.